The molecule has 200 valence electrons. The van der Waals surface area contributed by atoms with Crippen molar-refractivity contribution in [3.05, 3.63) is 24.5 Å². The van der Waals surface area contributed by atoms with Crippen LogP contribution in [0, 0.1) is 5.92 Å². The number of amides is 4. The number of pyridine rings is 1. The number of nitrogens with one attached hydrogen (secondary N) is 1. The molecular weight excluding hydrogens is 472 g/mol. The Balaban J connectivity index is 1.12. The van der Waals surface area contributed by atoms with Crippen LogP contribution in [0.3, 0.4) is 0 Å². The first kappa shape index (κ1) is 25.5. The average Bonchev–Trinajstić information content (AvgIpc) is 3.27. The lowest BCUT2D eigenvalue weighted by atomic mass is 9.85. The van der Waals surface area contributed by atoms with Gasteiger partial charge in [-0.15, -0.1) is 0 Å². The van der Waals surface area contributed by atoms with Crippen molar-refractivity contribution in [2.24, 2.45) is 5.92 Å². The molecule has 2 aromatic rings. The van der Waals surface area contributed by atoms with Crippen LogP contribution in [0.5, 0.6) is 0 Å². The second-order valence-electron chi connectivity index (χ2n) is 11.5. The maximum atomic E-state index is 12.3. The van der Waals surface area contributed by atoms with Crippen LogP contribution < -0.4 is 10.2 Å². The fraction of sp³-hybridized carbons (Fsp3) is 0.630. The zero-order chi connectivity index (χ0) is 26.2. The second-order valence-corrected chi connectivity index (χ2v) is 11.5. The smallest absolute Gasteiger partial charge is 0.410 e. The molecule has 4 heterocycles. The first-order valence-electron chi connectivity index (χ1n) is 13.4. The third kappa shape index (κ3) is 5.89. The number of aromatic nitrogens is 2. The van der Waals surface area contributed by atoms with Crippen LogP contribution in [0.2, 0.25) is 0 Å². The largest absolute Gasteiger partial charge is 0.444 e. The Morgan fingerprint density at radius 2 is 1.81 bits per heavy atom. The Bertz CT molecular complexity index is 1160. The lowest BCUT2D eigenvalue weighted by Gasteiger charge is -2.38. The zero-order valence-electron chi connectivity index (χ0n) is 22.1. The molecule has 10 nitrogen and oxygen atoms in total. The van der Waals surface area contributed by atoms with Crippen LogP contribution in [0.25, 0.3) is 11.0 Å². The van der Waals surface area contributed by atoms with Crippen molar-refractivity contribution in [1.82, 2.24) is 24.7 Å². The number of carbonyl (C=O) groups is 3. The Morgan fingerprint density at radius 1 is 1.08 bits per heavy atom. The molecule has 0 bridgehead atoms. The number of anilines is 1. The second kappa shape index (κ2) is 10.3. The lowest BCUT2D eigenvalue weighted by molar-refractivity contribution is -0.120. The highest BCUT2D eigenvalue weighted by Gasteiger charge is 2.30. The molecule has 0 radical (unpaired) electrons. The van der Waals surface area contributed by atoms with Gasteiger partial charge in [0.1, 0.15) is 11.2 Å². The van der Waals surface area contributed by atoms with E-state index in [4.69, 9.17) is 9.72 Å². The van der Waals surface area contributed by atoms with Gasteiger partial charge in [-0.05, 0) is 64.5 Å². The minimum Gasteiger partial charge on any atom is -0.444 e. The fourth-order valence-electron chi connectivity index (χ4n) is 5.70. The minimum absolute atomic E-state index is 0.207. The van der Waals surface area contributed by atoms with Crippen molar-refractivity contribution in [3.8, 4) is 0 Å². The normalized spacial score (nSPS) is 23.9. The van der Waals surface area contributed by atoms with E-state index < -0.39 is 5.60 Å². The van der Waals surface area contributed by atoms with E-state index in [9.17, 15) is 14.4 Å². The predicted octanol–water partition coefficient (Wildman–Crippen LogP) is 3.77. The maximum Gasteiger partial charge on any atom is 0.410 e. The van der Waals surface area contributed by atoms with Gasteiger partial charge >= 0.3 is 12.1 Å². The molecule has 2 saturated heterocycles. The predicted molar refractivity (Wildman–Crippen MR) is 140 cm³/mol. The number of fused-ring (bicyclic) bond motifs is 1. The van der Waals surface area contributed by atoms with E-state index in [1.54, 1.807) is 11.1 Å². The van der Waals surface area contributed by atoms with Crippen LogP contribution >= 0.6 is 0 Å². The van der Waals surface area contributed by atoms with Crippen molar-refractivity contribution in [2.45, 2.75) is 64.5 Å². The van der Waals surface area contributed by atoms with Crippen LogP contribution in [0.15, 0.2) is 24.5 Å². The number of urea groups is 1. The van der Waals surface area contributed by atoms with Crippen LogP contribution in [-0.4, -0.2) is 82.3 Å². The Labute approximate surface area is 217 Å². The molecule has 0 aromatic carbocycles. The van der Waals surface area contributed by atoms with E-state index in [2.05, 4.69) is 27.0 Å². The van der Waals surface area contributed by atoms with E-state index in [-0.39, 0.29) is 18.0 Å². The third-order valence-corrected chi connectivity index (χ3v) is 7.66. The zero-order valence-corrected chi connectivity index (χ0v) is 22.1. The number of carbonyl (C=O) groups excluding carboxylic acids is 3. The molecule has 37 heavy (non-hydrogen) atoms. The molecule has 10 heteroatoms. The summed E-state index contributed by atoms with van der Waals surface area (Å²) in [6.45, 7) is 10.4. The fourth-order valence-corrected chi connectivity index (χ4v) is 5.70. The molecule has 2 aromatic heterocycles. The van der Waals surface area contributed by atoms with Crippen molar-refractivity contribution in [2.75, 3.05) is 44.2 Å². The van der Waals surface area contributed by atoms with E-state index in [0.29, 0.717) is 30.6 Å². The highest BCUT2D eigenvalue weighted by atomic mass is 16.6. The van der Waals surface area contributed by atoms with Gasteiger partial charge in [-0.2, -0.15) is 0 Å². The number of hydrogen-bond donors (Lipinski definition) is 1. The number of nitrogens with zero attached hydrogens (tertiary/aromatic N) is 5. The van der Waals surface area contributed by atoms with Gasteiger partial charge in [-0.1, -0.05) is 0 Å². The Morgan fingerprint density at radius 3 is 2.49 bits per heavy atom. The molecule has 3 fully saturated rings. The summed E-state index contributed by atoms with van der Waals surface area (Å²) in [7, 11) is 0. The van der Waals surface area contributed by atoms with Crippen LogP contribution in [-0.2, 0) is 9.53 Å². The van der Waals surface area contributed by atoms with Gasteiger partial charge in [-0.25, -0.2) is 14.6 Å². The molecule has 4 amide bonds. The molecule has 0 atom stereocenters. The number of rotatable bonds is 4. The molecule has 5 rings (SSSR count). The van der Waals surface area contributed by atoms with Crippen molar-refractivity contribution >= 4 is 34.8 Å². The van der Waals surface area contributed by atoms with Crippen molar-refractivity contribution in [3.63, 3.8) is 0 Å². The highest BCUT2D eigenvalue weighted by Crippen LogP contribution is 2.35. The van der Waals surface area contributed by atoms with Crippen LogP contribution in [0.4, 0.5) is 15.3 Å². The van der Waals surface area contributed by atoms with Gasteiger partial charge in [-0.3, -0.25) is 19.9 Å². The van der Waals surface area contributed by atoms with Gasteiger partial charge < -0.3 is 14.2 Å². The van der Waals surface area contributed by atoms with E-state index in [1.165, 1.54) is 12.8 Å². The van der Waals surface area contributed by atoms with Crippen molar-refractivity contribution in [1.29, 1.82) is 0 Å². The van der Waals surface area contributed by atoms with Gasteiger partial charge in [0.25, 0.3) is 0 Å². The minimum atomic E-state index is -0.457. The molecule has 0 unspecified atom stereocenters. The quantitative estimate of drug-likeness (QED) is 0.672. The molecule has 2 aliphatic heterocycles. The monoisotopic (exact) mass is 510 g/mol. The summed E-state index contributed by atoms with van der Waals surface area (Å²) in [5, 5.41) is 3.38. The van der Waals surface area contributed by atoms with Gasteiger partial charge in [0.2, 0.25) is 5.91 Å². The molecule has 0 spiro atoms. The number of piperazine rings is 1. The number of imide groups is 1. The average molecular weight is 511 g/mol. The molecule has 3 aliphatic rings. The number of ether oxygens (including phenoxy) is 1. The summed E-state index contributed by atoms with van der Waals surface area (Å²) in [4.78, 5) is 46.6. The van der Waals surface area contributed by atoms with E-state index in [0.717, 1.165) is 56.6 Å². The lowest BCUT2D eigenvalue weighted by Crippen LogP contribution is -2.51. The van der Waals surface area contributed by atoms with Gasteiger partial charge in [0, 0.05) is 63.3 Å². The van der Waals surface area contributed by atoms with Gasteiger partial charge in [0.15, 0.2) is 0 Å². The molecular formula is C27H38N6O4. The Hall–Kier alpha value is -3.14. The topological polar surface area (TPSA) is 100 Å². The third-order valence-electron chi connectivity index (χ3n) is 7.66. The summed E-state index contributed by atoms with van der Waals surface area (Å²) in [6.07, 6.45) is 8.53. The molecule has 1 saturated carbocycles. The molecule has 1 N–H and O–H groups in total. The summed E-state index contributed by atoms with van der Waals surface area (Å²) in [6, 6.07) is 4.08. The van der Waals surface area contributed by atoms with E-state index in [1.807, 2.05) is 31.7 Å². The highest BCUT2D eigenvalue weighted by molar-refractivity contribution is 6.06. The van der Waals surface area contributed by atoms with Crippen LogP contribution in [0.1, 0.15) is 58.9 Å². The molecule has 1 aliphatic carbocycles. The van der Waals surface area contributed by atoms with Crippen molar-refractivity contribution < 1.29 is 19.1 Å². The summed E-state index contributed by atoms with van der Waals surface area (Å²) < 4.78 is 7.80. The van der Waals surface area contributed by atoms with E-state index >= 15 is 0 Å². The summed E-state index contributed by atoms with van der Waals surface area (Å²) in [5.41, 5.74) is 1.20. The maximum absolute atomic E-state index is 12.3. The number of hydrogen-bond acceptors (Lipinski definition) is 6. The SMILES string of the molecule is CC(C)(C)OC(=O)N1CCN(CC2CCC(n3ccc4cc(N5CCC(=O)NC5=O)cnc43)CC2)CC1. The summed E-state index contributed by atoms with van der Waals surface area (Å²) in [5.74, 6) is 0.436. The standard InChI is InChI=1S/C27H38N6O4/c1-27(2,3)37-26(36)31-14-12-30(13-15-31)18-19-4-6-21(7-5-19)32-10-8-20-16-22(17-28-24(20)32)33-11-9-23(34)29-25(33)35/h8,10,16-17,19,21H,4-7,9,11-15,18H2,1-3H3,(H,29,34,35). The first-order chi connectivity index (χ1) is 17.7. The summed E-state index contributed by atoms with van der Waals surface area (Å²) >= 11 is 0. The Kier molecular flexibility index (Phi) is 7.11. The first-order valence-corrected chi connectivity index (χ1v) is 13.4. The van der Waals surface area contributed by atoms with Gasteiger partial charge in [0.05, 0.1) is 11.9 Å².